The Labute approximate surface area is 562 Å². The van der Waals surface area contributed by atoms with Gasteiger partial charge in [0.2, 0.25) is 23.6 Å². The Hall–Kier alpha value is -9.39. The summed E-state index contributed by atoms with van der Waals surface area (Å²) in [6, 6.07) is 21.0. The van der Waals surface area contributed by atoms with E-state index in [1.54, 1.807) is 85.4 Å². The number of halogens is 2. The van der Waals surface area contributed by atoms with E-state index in [1.165, 1.54) is 52.2 Å². The van der Waals surface area contributed by atoms with E-state index >= 15 is 18.4 Å². The van der Waals surface area contributed by atoms with Gasteiger partial charge in [-0.3, -0.25) is 43.4 Å². The number of carbonyl (C=O) groups is 9. The summed E-state index contributed by atoms with van der Waals surface area (Å²) < 4.78 is 69.6. The molecule has 2 aromatic heterocycles. The van der Waals surface area contributed by atoms with Crippen LogP contribution in [0.2, 0.25) is 0 Å². The molecule has 3 saturated heterocycles. The minimum atomic E-state index is -1.61. The molecule has 520 valence electrons. The number of rotatable bonds is 23. The SMILES string of the molecule is CC(=O)O[C@@H]1[C@H](OC(C)=O)[C@H](C)O[C@H](n2c(-c3[nH]c4cc(F)ccc4c3CC3CCCN3C(=O)[C@@H](NC(=O)[C@H](C)N(C)C(=O)OCc3ccccc3)C(C)C)c(C[C@@H]3CCCN3C(=O)[C@@H](NC(=O)[C@H](C)N(C)C(=O)OCc3ccccc3)C(C)C)c3ccc(F)cc32)[C@H]1OC(C)=O. The summed E-state index contributed by atoms with van der Waals surface area (Å²) in [5.74, 6) is -6.61. The van der Waals surface area contributed by atoms with Gasteiger partial charge in [0.25, 0.3) is 0 Å². The van der Waals surface area contributed by atoms with Crippen LogP contribution in [0.4, 0.5) is 18.4 Å². The standard InChI is InChI=1S/C72H88F2N8O15/c1-39(2)59(76-66(86)41(5)78(11)71(90)92-37-47-21-15-13-16-22-47)68(88)80-31-19-25-51(80)35-55-53-29-27-49(73)33-57(53)75-61(55)62-56(54-30-28-50(74)34-58(54)82(62)70-65(97-46(10)85)64(96-45(9)84)63(43(7)94-70)95-44(8)83)36-52-26-20-32-81(52)69(89)60(40(3)4)77-67(87)42(6)79(12)72(91)93-38-48-23-17-14-18-24-48/h13-18,21-24,27-30,33-34,39-43,51-52,59-60,63-65,70,75H,19-20,25-26,31-32,35-38H2,1-12H3,(H,76,86)(H,77,87)/t41-,42-,43-,51?,52-,59-,60-,63+,64+,65-,70-/m0/s1. The molecule has 11 atom stereocenters. The number of hydrogen-bond acceptors (Lipinski definition) is 15. The van der Waals surface area contributed by atoms with Crippen LogP contribution in [-0.4, -0.2) is 171 Å². The fourth-order valence-electron chi connectivity index (χ4n) is 13.3. The molecule has 3 fully saturated rings. The summed E-state index contributed by atoms with van der Waals surface area (Å²) >= 11 is 0. The van der Waals surface area contributed by atoms with Gasteiger partial charge in [0, 0.05) is 76.3 Å². The Morgan fingerprint density at radius 3 is 1.51 bits per heavy atom. The molecule has 0 bridgehead atoms. The van der Waals surface area contributed by atoms with Gasteiger partial charge >= 0.3 is 30.1 Å². The van der Waals surface area contributed by atoms with Crippen molar-refractivity contribution in [2.45, 2.75) is 188 Å². The van der Waals surface area contributed by atoms with E-state index in [9.17, 15) is 33.6 Å². The number of benzene rings is 4. The number of nitrogens with zero attached hydrogens (tertiary/aromatic N) is 5. The quantitative estimate of drug-likeness (QED) is 0.0398. The maximum atomic E-state index is 16.4. The van der Waals surface area contributed by atoms with Crippen molar-refractivity contribution in [2.24, 2.45) is 11.8 Å². The third-order valence-corrected chi connectivity index (χ3v) is 18.7. The van der Waals surface area contributed by atoms with Gasteiger partial charge in [-0.25, -0.2) is 18.4 Å². The lowest BCUT2D eigenvalue weighted by Crippen LogP contribution is -2.58. The van der Waals surface area contributed by atoms with Crippen molar-refractivity contribution in [3.63, 3.8) is 0 Å². The number of likely N-dealkylation sites (tertiary alicyclic amines) is 2. The summed E-state index contributed by atoms with van der Waals surface area (Å²) in [6.45, 7) is 15.8. The van der Waals surface area contributed by atoms with Crippen LogP contribution in [0.5, 0.6) is 0 Å². The minimum absolute atomic E-state index is 0.0205. The highest BCUT2D eigenvalue weighted by Gasteiger charge is 2.53. The smallest absolute Gasteiger partial charge is 0.410 e. The zero-order valence-electron chi connectivity index (χ0n) is 56.9. The molecule has 3 N–H and O–H groups in total. The molecule has 0 saturated carbocycles. The Morgan fingerprint density at radius 1 is 0.588 bits per heavy atom. The Kier molecular flexibility index (Phi) is 23.1. The molecule has 0 aliphatic carbocycles. The van der Waals surface area contributed by atoms with E-state index in [2.05, 4.69) is 15.6 Å². The zero-order valence-corrected chi connectivity index (χ0v) is 56.9. The lowest BCUT2D eigenvalue weighted by molar-refractivity contribution is -0.258. The first-order chi connectivity index (χ1) is 46.1. The largest absolute Gasteiger partial charge is 0.456 e. The third-order valence-electron chi connectivity index (χ3n) is 18.7. The van der Waals surface area contributed by atoms with Crippen molar-refractivity contribution < 1.29 is 80.4 Å². The number of hydrogen-bond donors (Lipinski definition) is 3. The number of esters is 3. The molecule has 97 heavy (non-hydrogen) atoms. The van der Waals surface area contributed by atoms with Crippen molar-refractivity contribution in [2.75, 3.05) is 27.2 Å². The van der Waals surface area contributed by atoms with Gasteiger partial charge < -0.3 is 58.4 Å². The first-order valence-corrected chi connectivity index (χ1v) is 33.0. The van der Waals surface area contributed by atoms with Crippen LogP contribution in [0.1, 0.15) is 123 Å². The number of aromatic amines is 1. The Balaban J connectivity index is 1.13. The van der Waals surface area contributed by atoms with Crippen LogP contribution in [-0.2, 0) is 88.0 Å². The maximum absolute atomic E-state index is 16.4. The highest BCUT2D eigenvalue weighted by molar-refractivity contribution is 5.98. The summed E-state index contributed by atoms with van der Waals surface area (Å²) in [5.41, 5.74) is 3.71. The molecule has 6 aromatic rings. The highest BCUT2D eigenvalue weighted by Crippen LogP contribution is 2.47. The predicted molar refractivity (Wildman–Crippen MR) is 354 cm³/mol. The first kappa shape index (κ1) is 71.9. The first-order valence-electron chi connectivity index (χ1n) is 33.0. The second-order valence-corrected chi connectivity index (χ2v) is 26.2. The number of nitrogens with one attached hydrogen (secondary N) is 3. The third kappa shape index (κ3) is 16.4. The molecule has 3 aliphatic heterocycles. The summed E-state index contributed by atoms with van der Waals surface area (Å²) in [5, 5.41) is 6.83. The van der Waals surface area contributed by atoms with Crippen LogP contribution in [0, 0.1) is 23.5 Å². The molecular formula is C72H88F2N8O15. The Morgan fingerprint density at radius 2 is 1.03 bits per heavy atom. The fraction of sp³-hybridized carbons (Fsp3) is 0.486. The fourth-order valence-corrected chi connectivity index (χ4v) is 13.3. The molecular weight excluding hydrogens is 1250 g/mol. The molecule has 0 spiro atoms. The van der Waals surface area contributed by atoms with E-state index in [0.717, 1.165) is 41.7 Å². The summed E-state index contributed by atoms with van der Waals surface area (Å²) in [6.07, 6.45) is -6.43. The number of ether oxygens (including phenoxy) is 6. The highest BCUT2D eigenvalue weighted by atomic mass is 19.1. The van der Waals surface area contributed by atoms with Gasteiger partial charge in [0.05, 0.1) is 23.0 Å². The predicted octanol–water partition coefficient (Wildman–Crippen LogP) is 9.44. The van der Waals surface area contributed by atoms with Gasteiger partial charge in [-0.1, -0.05) is 88.4 Å². The molecule has 25 heteroatoms. The van der Waals surface area contributed by atoms with Gasteiger partial charge in [0.15, 0.2) is 24.5 Å². The molecule has 0 radical (unpaired) electrons. The van der Waals surface area contributed by atoms with Crippen molar-refractivity contribution in [1.29, 1.82) is 0 Å². The van der Waals surface area contributed by atoms with Crippen LogP contribution in [0.3, 0.4) is 0 Å². The number of fused-ring (bicyclic) bond motifs is 2. The number of likely N-dealkylation sites (N-methyl/N-ethyl adjacent to an activating group) is 2. The number of amides is 6. The van der Waals surface area contributed by atoms with Crippen LogP contribution >= 0.6 is 0 Å². The van der Waals surface area contributed by atoms with E-state index < -0.39 is 138 Å². The van der Waals surface area contributed by atoms with E-state index in [-0.39, 0.29) is 44.0 Å². The second kappa shape index (κ2) is 31.2. The van der Waals surface area contributed by atoms with E-state index in [4.69, 9.17) is 28.4 Å². The topological polar surface area (TPSA) is 267 Å². The average molecular weight is 1340 g/mol. The molecule has 6 amide bonds. The zero-order chi connectivity index (χ0) is 70.3. The van der Waals surface area contributed by atoms with Gasteiger partial charge in [-0.05, 0) is 130 Å². The molecule has 9 rings (SSSR count). The van der Waals surface area contributed by atoms with Gasteiger partial charge in [-0.15, -0.1) is 0 Å². The van der Waals surface area contributed by atoms with Crippen LogP contribution in [0.15, 0.2) is 97.1 Å². The van der Waals surface area contributed by atoms with Crippen molar-refractivity contribution in [3.05, 3.63) is 131 Å². The van der Waals surface area contributed by atoms with Crippen LogP contribution < -0.4 is 10.6 Å². The average Bonchev–Trinajstić information content (AvgIpc) is 1.58. The van der Waals surface area contributed by atoms with Gasteiger partial charge in [-0.2, -0.15) is 0 Å². The molecule has 5 heterocycles. The molecule has 23 nitrogen and oxygen atoms in total. The van der Waals surface area contributed by atoms with E-state index in [1.807, 2.05) is 36.4 Å². The minimum Gasteiger partial charge on any atom is -0.456 e. The number of carbonyl (C=O) groups excluding carboxylic acids is 9. The molecule has 1 unspecified atom stereocenters. The molecule has 4 aromatic carbocycles. The lowest BCUT2D eigenvalue weighted by atomic mass is 9.94. The Bertz CT molecular complexity index is 3880. The second-order valence-electron chi connectivity index (χ2n) is 26.2. The lowest BCUT2D eigenvalue weighted by Gasteiger charge is -2.44. The van der Waals surface area contributed by atoms with Crippen LogP contribution in [0.25, 0.3) is 33.2 Å². The van der Waals surface area contributed by atoms with Crippen molar-refractivity contribution >= 4 is 75.5 Å². The normalized spacial score (nSPS) is 20.6. The summed E-state index contributed by atoms with van der Waals surface area (Å²) in [4.78, 5) is 134. The van der Waals surface area contributed by atoms with E-state index in [0.29, 0.717) is 71.0 Å². The summed E-state index contributed by atoms with van der Waals surface area (Å²) in [7, 11) is 2.87. The van der Waals surface area contributed by atoms with Gasteiger partial charge in [0.1, 0.15) is 49.0 Å². The maximum Gasteiger partial charge on any atom is 0.410 e. The number of aromatic nitrogens is 2. The van der Waals surface area contributed by atoms with Crippen molar-refractivity contribution in [1.82, 2.24) is 39.8 Å². The number of H-pyrrole nitrogens is 1. The molecule has 3 aliphatic rings. The van der Waals surface area contributed by atoms with Crippen molar-refractivity contribution in [3.8, 4) is 11.4 Å². The monoisotopic (exact) mass is 1340 g/mol.